The van der Waals surface area contributed by atoms with Gasteiger partial charge >= 0.3 is 0 Å². The summed E-state index contributed by atoms with van der Waals surface area (Å²) in [4.78, 5) is 4.77. The number of aromatic nitrogens is 2. The second-order valence-corrected chi connectivity index (χ2v) is 5.44. The van der Waals surface area contributed by atoms with E-state index in [9.17, 15) is 0 Å². The summed E-state index contributed by atoms with van der Waals surface area (Å²) in [6.07, 6.45) is 2.30. The molecule has 1 atom stereocenters. The molecule has 1 aromatic carbocycles. The molecule has 0 radical (unpaired) electrons. The van der Waals surface area contributed by atoms with Crippen LogP contribution in [0.2, 0.25) is 0 Å². The fourth-order valence-electron chi connectivity index (χ4n) is 2.64. The maximum atomic E-state index is 8.99. The minimum atomic E-state index is 0.382. The van der Waals surface area contributed by atoms with Gasteiger partial charge in [0.05, 0.1) is 22.7 Å². The van der Waals surface area contributed by atoms with Crippen LogP contribution in [0, 0.1) is 11.3 Å². The third-order valence-electron chi connectivity index (χ3n) is 3.52. The molecule has 2 aromatic rings. The maximum Gasteiger partial charge on any atom is 0.112 e. The van der Waals surface area contributed by atoms with Gasteiger partial charge in [-0.15, -0.1) is 0 Å². The number of benzene rings is 1. The third kappa shape index (κ3) is 2.49. The molecule has 0 saturated heterocycles. The summed E-state index contributed by atoms with van der Waals surface area (Å²) >= 11 is 0. The Kier molecular flexibility index (Phi) is 3.90. The van der Waals surface area contributed by atoms with Gasteiger partial charge in [-0.05, 0) is 38.5 Å². The third-order valence-corrected chi connectivity index (χ3v) is 3.52. The molecule has 0 bridgehead atoms. The van der Waals surface area contributed by atoms with Crippen LogP contribution >= 0.6 is 0 Å². The first-order valence-electron chi connectivity index (χ1n) is 7.00. The summed E-state index contributed by atoms with van der Waals surface area (Å²) in [5.41, 5.74) is 2.74. The molecule has 0 spiro atoms. The smallest absolute Gasteiger partial charge is 0.112 e. The van der Waals surface area contributed by atoms with Crippen molar-refractivity contribution in [1.29, 1.82) is 5.26 Å². The van der Waals surface area contributed by atoms with Gasteiger partial charge in [-0.3, -0.25) is 0 Å². The average Bonchev–Trinajstić information content (AvgIpc) is 2.77. The predicted molar refractivity (Wildman–Crippen MR) is 78.2 cm³/mol. The summed E-state index contributed by atoms with van der Waals surface area (Å²) in [6.45, 7) is 8.80. The van der Waals surface area contributed by atoms with E-state index >= 15 is 0 Å². The molecule has 2 rings (SSSR count). The Morgan fingerprint density at radius 3 is 2.63 bits per heavy atom. The fraction of sp³-hybridized carbons (Fsp3) is 0.500. The van der Waals surface area contributed by atoms with E-state index in [2.05, 4.69) is 38.3 Å². The second kappa shape index (κ2) is 5.44. The number of imidazole rings is 1. The van der Waals surface area contributed by atoms with E-state index in [1.807, 2.05) is 18.2 Å². The Hall–Kier alpha value is -1.82. The Bertz CT molecular complexity index is 617. The van der Waals surface area contributed by atoms with Crippen molar-refractivity contribution in [2.24, 2.45) is 0 Å². The van der Waals surface area contributed by atoms with Crippen LogP contribution in [0.5, 0.6) is 0 Å². The van der Waals surface area contributed by atoms with Crippen LogP contribution in [0.25, 0.3) is 11.0 Å². The number of fused-ring (bicyclic) bond motifs is 1. The quantitative estimate of drug-likeness (QED) is 0.813. The molecule has 0 fully saturated rings. The van der Waals surface area contributed by atoms with Crippen molar-refractivity contribution in [2.45, 2.75) is 52.5 Å². The van der Waals surface area contributed by atoms with E-state index in [-0.39, 0.29) is 0 Å². The summed E-state index contributed by atoms with van der Waals surface area (Å²) in [6, 6.07) is 8.34. The molecule has 0 N–H and O–H groups in total. The minimum absolute atomic E-state index is 0.382. The molecular formula is C16H21N3. The molecule has 1 unspecified atom stereocenters. The lowest BCUT2D eigenvalue weighted by molar-refractivity contribution is 0.531. The highest BCUT2D eigenvalue weighted by Gasteiger charge is 2.18. The molecule has 1 aromatic heterocycles. The molecule has 0 aliphatic rings. The highest BCUT2D eigenvalue weighted by molar-refractivity contribution is 5.78. The lowest BCUT2D eigenvalue weighted by Crippen LogP contribution is -2.09. The summed E-state index contributed by atoms with van der Waals surface area (Å²) in [5.74, 6) is 1.59. The van der Waals surface area contributed by atoms with E-state index in [4.69, 9.17) is 10.2 Å². The van der Waals surface area contributed by atoms with Crippen LogP contribution < -0.4 is 0 Å². The highest BCUT2D eigenvalue weighted by atomic mass is 15.1. The fourth-order valence-corrected chi connectivity index (χ4v) is 2.64. The van der Waals surface area contributed by atoms with Crippen molar-refractivity contribution in [3.05, 3.63) is 29.6 Å². The van der Waals surface area contributed by atoms with Crippen molar-refractivity contribution in [3.8, 4) is 6.07 Å². The van der Waals surface area contributed by atoms with Gasteiger partial charge in [-0.25, -0.2) is 4.98 Å². The van der Waals surface area contributed by atoms with Gasteiger partial charge in [0.2, 0.25) is 0 Å². The van der Waals surface area contributed by atoms with Gasteiger partial charge in [0.25, 0.3) is 0 Å². The Labute approximate surface area is 114 Å². The topological polar surface area (TPSA) is 41.6 Å². The van der Waals surface area contributed by atoms with Gasteiger partial charge in [0, 0.05) is 12.0 Å². The SMILES string of the molecule is CCCC(C)c1nc2cc(C#N)ccc2n1C(C)C. The van der Waals surface area contributed by atoms with Crippen molar-refractivity contribution >= 4 is 11.0 Å². The van der Waals surface area contributed by atoms with Gasteiger partial charge in [-0.2, -0.15) is 5.26 Å². The zero-order valence-electron chi connectivity index (χ0n) is 12.1. The lowest BCUT2D eigenvalue weighted by atomic mass is 10.1. The van der Waals surface area contributed by atoms with E-state index in [0.717, 1.165) is 29.7 Å². The molecule has 0 aliphatic carbocycles. The Morgan fingerprint density at radius 1 is 1.32 bits per heavy atom. The number of nitriles is 1. The van der Waals surface area contributed by atoms with Crippen LogP contribution in [-0.4, -0.2) is 9.55 Å². The van der Waals surface area contributed by atoms with Gasteiger partial charge < -0.3 is 4.57 Å². The van der Waals surface area contributed by atoms with Gasteiger partial charge in [-0.1, -0.05) is 20.3 Å². The first-order valence-corrected chi connectivity index (χ1v) is 7.00. The van der Waals surface area contributed by atoms with E-state index in [0.29, 0.717) is 17.5 Å². The van der Waals surface area contributed by atoms with Gasteiger partial charge in [0.1, 0.15) is 5.82 Å². The van der Waals surface area contributed by atoms with Crippen LogP contribution in [0.15, 0.2) is 18.2 Å². The molecule has 100 valence electrons. The standard InChI is InChI=1S/C16H21N3/c1-5-6-12(4)16-18-14-9-13(10-17)7-8-15(14)19(16)11(2)3/h7-9,11-12H,5-6H2,1-4H3. The zero-order valence-corrected chi connectivity index (χ0v) is 12.1. The Balaban J connectivity index is 2.63. The first-order chi connectivity index (χ1) is 9.08. The zero-order chi connectivity index (χ0) is 14.0. The summed E-state index contributed by atoms with van der Waals surface area (Å²) in [5, 5.41) is 8.99. The number of hydrogen-bond donors (Lipinski definition) is 0. The van der Waals surface area contributed by atoms with Crippen LogP contribution in [0.3, 0.4) is 0 Å². The molecule has 0 saturated carbocycles. The van der Waals surface area contributed by atoms with Gasteiger partial charge in [0.15, 0.2) is 0 Å². The summed E-state index contributed by atoms with van der Waals surface area (Å²) in [7, 11) is 0. The molecule has 19 heavy (non-hydrogen) atoms. The Morgan fingerprint density at radius 2 is 2.05 bits per heavy atom. The van der Waals surface area contributed by atoms with Crippen molar-refractivity contribution < 1.29 is 0 Å². The largest absolute Gasteiger partial charge is 0.325 e. The minimum Gasteiger partial charge on any atom is -0.325 e. The second-order valence-electron chi connectivity index (χ2n) is 5.44. The van der Waals surface area contributed by atoms with Crippen molar-refractivity contribution in [3.63, 3.8) is 0 Å². The molecule has 0 aliphatic heterocycles. The molecule has 0 amide bonds. The van der Waals surface area contributed by atoms with E-state index < -0.39 is 0 Å². The van der Waals surface area contributed by atoms with Crippen LogP contribution in [-0.2, 0) is 0 Å². The van der Waals surface area contributed by atoms with Crippen molar-refractivity contribution in [1.82, 2.24) is 9.55 Å². The average molecular weight is 255 g/mol. The number of rotatable bonds is 4. The van der Waals surface area contributed by atoms with E-state index in [1.54, 1.807) is 0 Å². The molecule has 1 heterocycles. The monoisotopic (exact) mass is 255 g/mol. The molecule has 3 nitrogen and oxygen atoms in total. The van der Waals surface area contributed by atoms with E-state index in [1.165, 1.54) is 0 Å². The highest BCUT2D eigenvalue weighted by Crippen LogP contribution is 2.28. The molecule has 3 heteroatoms. The molecular weight excluding hydrogens is 234 g/mol. The maximum absolute atomic E-state index is 8.99. The van der Waals surface area contributed by atoms with Crippen molar-refractivity contribution in [2.75, 3.05) is 0 Å². The van der Waals surface area contributed by atoms with Crippen LogP contribution in [0.1, 0.15) is 63.9 Å². The predicted octanol–water partition coefficient (Wildman–Crippen LogP) is 4.39. The first kappa shape index (κ1) is 13.6. The number of hydrogen-bond acceptors (Lipinski definition) is 2. The summed E-state index contributed by atoms with van der Waals surface area (Å²) < 4.78 is 2.30. The normalized spacial score (nSPS) is 12.8. The number of nitrogens with zero attached hydrogens (tertiary/aromatic N) is 3. The van der Waals surface area contributed by atoms with Crippen LogP contribution in [0.4, 0.5) is 0 Å². The lowest BCUT2D eigenvalue weighted by Gasteiger charge is -2.17.